The van der Waals surface area contributed by atoms with Crippen molar-refractivity contribution in [1.82, 2.24) is 0 Å². The lowest BCUT2D eigenvalue weighted by molar-refractivity contribution is -0.115. The van der Waals surface area contributed by atoms with Gasteiger partial charge in [0.1, 0.15) is 11.1 Å². The fraction of sp³-hybridized carbons (Fsp3) is 0.259. The number of methoxy groups -OCH3 is 1. The Hall–Kier alpha value is -3.25. The molecule has 4 rings (SSSR count). The molecule has 1 aliphatic rings. The predicted octanol–water partition coefficient (Wildman–Crippen LogP) is 6.02. The molecule has 5 nitrogen and oxygen atoms in total. The number of thioether (sulfide) groups is 1. The minimum atomic E-state index is -0.174. The Kier molecular flexibility index (Phi) is 6.47. The molecular weight excluding hydrogens is 432 g/mol. The molecule has 1 fully saturated rings. The number of anilines is 2. The van der Waals surface area contributed by atoms with Crippen molar-refractivity contribution >= 4 is 35.0 Å². The Morgan fingerprint density at radius 3 is 2.45 bits per heavy atom. The Labute approximate surface area is 199 Å². The average molecular weight is 461 g/mol. The molecule has 6 heteroatoms. The Bertz CT molecular complexity index is 1170. The van der Waals surface area contributed by atoms with Crippen LogP contribution >= 0.6 is 11.8 Å². The van der Waals surface area contributed by atoms with Gasteiger partial charge in [-0.05, 0) is 52.9 Å². The SMILES string of the molecule is COc1cccc(N2C(=O)CS[C@@H]2c2cccc(NC(=O)c3ccc(C(C)(C)C)cc3)c2)c1. The maximum atomic E-state index is 12.8. The normalized spacial score (nSPS) is 16.1. The smallest absolute Gasteiger partial charge is 0.255 e. The number of hydrogen-bond donors (Lipinski definition) is 1. The third-order valence-corrected chi connectivity index (χ3v) is 6.85. The molecule has 3 aromatic rings. The molecule has 3 aromatic carbocycles. The summed E-state index contributed by atoms with van der Waals surface area (Å²) >= 11 is 1.57. The van der Waals surface area contributed by atoms with Gasteiger partial charge in [-0.2, -0.15) is 0 Å². The lowest BCUT2D eigenvalue weighted by atomic mass is 9.87. The third kappa shape index (κ3) is 5.06. The molecule has 170 valence electrons. The summed E-state index contributed by atoms with van der Waals surface area (Å²) in [5, 5.41) is 2.82. The molecule has 1 N–H and O–H groups in total. The number of hydrogen-bond acceptors (Lipinski definition) is 4. The van der Waals surface area contributed by atoms with E-state index in [1.165, 1.54) is 5.56 Å². The van der Waals surface area contributed by atoms with Gasteiger partial charge in [0.2, 0.25) is 5.91 Å². The first kappa shape index (κ1) is 22.9. The van der Waals surface area contributed by atoms with Crippen molar-refractivity contribution in [3.8, 4) is 5.75 Å². The second kappa shape index (κ2) is 9.32. The molecule has 0 spiro atoms. The van der Waals surface area contributed by atoms with E-state index in [-0.39, 0.29) is 22.6 Å². The first-order valence-electron chi connectivity index (χ1n) is 10.9. The summed E-state index contributed by atoms with van der Waals surface area (Å²) in [7, 11) is 1.61. The van der Waals surface area contributed by atoms with Gasteiger partial charge in [0, 0.05) is 23.0 Å². The van der Waals surface area contributed by atoms with E-state index in [1.54, 1.807) is 23.8 Å². The second-order valence-electron chi connectivity index (χ2n) is 9.04. The van der Waals surface area contributed by atoms with Crippen LogP contribution in [0.5, 0.6) is 5.75 Å². The van der Waals surface area contributed by atoms with Gasteiger partial charge in [0.15, 0.2) is 0 Å². The van der Waals surface area contributed by atoms with Crippen LogP contribution in [0.4, 0.5) is 11.4 Å². The highest BCUT2D eigenvalue weighted by Gasteiger charge is 2.34. The van der Waals surface area contributed by atoms with Crippen LogP contribution in [0.15, 0.2) is 72.8 Å². The van der Waals surface area contributed by atoms with E-state index in [0.29, 0.717) is 22.8 Å². The van der Waals surface area contributed by atoms with Crippen molar-refractivity contribution < 1.29 is 14.3 Å². The lowest BCUT2D eigenvalue weighted by Crippen LogP contribution is -2.27. The summed E-state index contributed by atoms with van der Waals surface area (Å²) in [6.45, 7) is 6.44. The van der Waals surface area contributed by atoms with E-state index in [2.05, 4.69) is 26.1 Å². The molecule has 1 heterocycles. The zero-order valence-corrected chi connectivity index (χ0v) is 20.1. The second-order valence-corrected chi connectivity index (χ2v) is 10.1. The molecule has 0 saturated carbocycles. The fourth-order valence-electron chi connectivity index (χ4n) is 3.80. The van der Waals surface area contributed by atoms with Crippen molar-refractivity contribution in [2.45, 2.75) is 31.6 Å². The van der Waals surface area contributed by atoms with Crippen molar-refractivity contribution in [2.75, 3.05) is 23.1 Å². The van der Waals surface area contributed by atoms with Crippen LogP contribution in [-0.2, 0) is 10.2 Å². The molecule has 1 aliphatic heterocycles. The third-order valence-electron chi connectivity index (χ3n) is 5.64. The predicted molar refractivity (Wildman–Crippen MR) is 135 cm³/mol. The highest BCUT2D eigenvalue weighted by atomic mass is 32.2. The number of nitrogens with one attached hydrogen (secondary N) is 1. The number of ether oxygens (including phenoxy) is 1. The number of carbonyl (C=O) groups is 2. The Morgan fingerprint density at radius 2 is 1.76 bits per heavy atom. The van der Waals surface area contributed by atoms with Crippen LogP contribution in [0.2, 0.25) is 0 Å². The molecular formula is C27H28N2O3S. The largest absolute Gasteiger partial charge is 0.497 e. The zero-order chi connectivity index (χ0) is 23.6. The van der Waals surface area contributed by atoms with Crippen LogP contribution in [-0.4, -0.2) is 24.7 Å². The van der Waals surface area contributed by atoms with Crippen LogP contribution in [0.25, 0.3) is 0 Å². The van der Waals surface area contributed by atoms with E-state index in [0.717, 1.165) is 11.3 Å². The average Bonchev–Trinajstić information content (AvgIpc) is 3.20. The maximum Gasteiger partial charge on any atom is 0.255 e. The van der Waals surface area contributed by atoms with E-state index >= 15 is 0 Å². The fourth-order valence-corrected chi connectivity index (χ4v) is 4.97. The van der Waals surface area contributed by atoms with E-state index < -0.39 is 0 Å². The summed E-state index contributed by atoms with van der Waals surface area (Å²) in [5.41, 5.74) is 4.27. The molecule has 2 amide bonds. The highest BCUT2D eigenvalue weighted by molar-refractivity contribution is 8.00. The van der Waals surface area contributed by atoms with Gasteiger partial charge < -0.3 is 10.1 Å². The monoisotopic (exact) mass is 460 g/mol. The summed E-state index contributed by atoms with van der Waals surface area (Å²) in [6, 6.07) is 22.9. The summed E-state index contributed by atoms with van der Waals surface area (Å²) in [5.74, 6) is 0.993. The van der Waals surface area contributed by atoms with E-state index in [4.69, 9.17) is 4.74 Å². The van der Waals surface area contributed by atoms with E-state index in [9.17, 15) is 9.59 Å². The van der Waals surface area contributed by atoms with Crippen molar-refractivity contribution in [3.63, 3.8) is 0 Å². The minimum absolute atomic E-state index is 0.0361. The van der Waals surface area contributed by atoms with Crippen LogP contribution in [0.3, 0.4) is 0 Å². The molecule has 1 atom stereocenters. The first-order chi connectivity index (χ1) is 15.8. The standard InChI is InChI=1S/C27H28N2O3S/c1-27(2,3)20-13-11-18(12-14-20)25(31)28-21-8-5-7-19(15-21)26-29(24(30)17-33-26)22-9-6-10-23(16-22)32-4/h5-16,26H,17H2,1-4H3,(H,28,31)/t26-/m1/s1. The number of carbonyl (C=O) groups excluding carboxylic acids is 2. The minimum Gasteiger partial charge on any atom is -0.497 e. The molecule has 0 unspecified atom stereocenters. The summed E-state index contributed by atoms with van der Waals surface area (Å²) in [4.78, 5) is 27.3. The Balaban J connectivity index is 1.54. The van der Waals surface area contributed by atoms with E-state index in [1.807, 2.05) is 72.8 Å². The van der Waals surface area contributed by atoms with Crippen molar-refractivity contribution in [1.29, 1.82) is 0 Å². The Morgan fingerprint density at radius 1 is 1.03 bits per heavy atom. The maximum absolute atomic E-state index is 12.8. The van der Waals surface area contributed by atoms with Gasteiger partial charge in [0.25, 0.3) is 5.91 Å². The van der Waals surface area contributed by atoms with Gasteiger partial charge >= 0.3 is 0 Å². The zero-order valence-electron chi connectivity index (χ0n) is 19.3. The molecule has 0 bridgehead atoms. The number of nitrogens with zero attached hydrogens (tertiary/aromatic N) is 1. The summed E-state index contributed by atoms with van der Waals surface area (Å²) in [6.07, 6.45) is 0. The quantitative estimate of drug-likeness (QED) is 0.506. The lowest BCUT2D eigenvalue weighted by Gasteiger charge is -2.25. The van der Waals surface area contributed by atoms with Gasteiger partial charge in [-0.3, -0.25) is 14.5 Å². The van der Waals surface area contributed by atoms with Gasteiger partial charge in [-0.15, -0.1) is 11.8 Å². The molecule has 0 aromatic heterocycles. The van der Waals surface area contributed by atoms with Gasteiger partial charge in [-0.1, -0.05) is 51.1 Å². The van der Waals surface area contributed by atoms with Crippen LogP contribution in [0, 0.1) is 0 Å². The number of benzene rings is 3. The number of amides is 2. The first-order valence-corrected chi connectivity index (χ1v) is 11.9. The van der Waals surface area contributed by atoms with Crippen LogP contribution < -0.4 is 15.0 Å². The van der Waals surface area contributed by atoms with Crippen LogP contribution in [0.1, 0.15) is 47.6 Å². The van der Waals surface area contributed by atoms with Gasteiger partial charge in [-0.25, -0.2) is 0 Å². The van der Waals surface area contributed by atoms with Gasteiger partial charge in [0.05, 0.1) is 12.9 Å². The highest BCUT2D eigenvalue weighted by Crippen LogP contribution is 2.43. The molecule has 0 radical (unpaired) electrons. The summed E-state index contributed by atoms with van der Waals surface area (Å²) < 4.78 is 5.33. The molecule has 33 heavy (non-hydrogen) atoms. The topological polar surface area (TPSA) is 58.6 Å². The van der Waals surface area contributed by atoms with Crippen molar-refractivity contribution in [3.05, 3.63) is 89.5 Å². The molecule has 1 saturated heterocycles. The molecule has 0 aliphatic carbocycles. The number of rotatable bonds is 5. The van der Waals surface area contributed by atoms with Crippen molar-refractivity contribution in [2.24, 2.45) is 0 Å².